The molecule has 3 heteroatoms. The maximum atomic E-state index is 13.4. The predicted molar refractivity (Wildman–Crippen MR) is 80.9 cm³/mol. The third-order valence-electron chi connectivity index (χ3n) is 3.22. The lowest BCUT2D eigenvalue weighted by molar-refractivity contribution is 0.202. The van der Waals surface area contributed by atoms with Crippen LogP contribution in [-0.2, 0) is 11.2 Å². The van der Waals surface area contributed by atoms with Crippen LogP contribution < -0.4 is 0 Å². The SMILES string of the molecule is COCCc1ccc(C(Cl)c2cc(C)cc(F)c2)cc1. The molecule has 20 heavy (non-hydrogen) atoms. The van der Waals surface area contributed by atoms with Gasteiger partial charge >= 0.3 is 0 Å². The Morgan fingerprint density at radius 2 is 1.80 bits per heavy atom. The van der Waals surface area contributed by atoms with Crippen molar-refractivity contribution in [1.29, 1.82) is 0 Å². The molecule has 0 spiro atoms. The molecular weight excluding hydrogens is 275 g/mol. The van der Waals surface area contributed by atoms with Crippen molar-refractivity contribution in [1.82, 2.24) is 0 Å². The second-order valence-corrected chi connectivity index (χ2v) is 5.35. The second-order valence-electron chi connectivity index (χ2n) is 4.91. The van der Waals surface area contributed by atoms with Crippen LogP contribution >= 0.6 is 11.6 Å². The van der Waals surface area contributed by atoms with Gasteiger partial charge in [0.1, 0.15) is 5.82 Å². The molecule has 1 unspecified atom stereocenters. The van der Waals surface area contributed by atoms with E-state index in [9.17, 15) is 4.39 Å². The van der Waals surface area contributed by atoms with Crippen molar-refractivity contribution < 1.29 is 9.13 Å². The Morgan fingerprint density at radius 3 is 2.40 bits per heavy atom. The Bertz CT molecular complexity index is 545. The van der Waals surface area contributed by atoms with Crippen molar-refractivity contribution in [3.8, 4) is 0 Å². The quantitative estimate of drug-likeness (QED) is 0.729. The average molecular weight is 293 g/mol. The molecule has 0 amide bonds. The highest BCUT2D eigenvalue weighted by Gasteiger charge is 2.12. The van der Waals surface area contributed by atoms with E-state index >= 15 is 0 Å². The Kier molecular flexibility index (Phi) is 5.16. The molecule has 2 rings (SSSR count). The van der Waals surface area contributed by atoms with Crippen molar-refractivity contribution in [2.45, 2.75) is 18.7 Å². The largest absolute Gasteiger partial charge is 0.384 e. The number of halogens is 2. The van der Waals surface area contributed by atoms with E-state index in [1.807, 2.05) is 37.3 Å². The van der Waals surface area contributed by atoms with Crippen molar-refractivity contribution in [3.63, 3.8) is 0 Å². The van der Waals surface area contributed by atoms with E-state index in [4.69, 9.17) is 16.3 Å². The van der Waals surface area contributed by atoms with Crippen molar-refractivity contribution in [2.75, 3.05) is 13.7 Å². The lowest BCUT2D eigenvalue weighted by Crippen LogP contribution is -1.97. The molecule has 106 valence electrons. The van der Waals surface area contributed by atoms with Gasteiger partial charge in [-0.05, 0) is 47.7 Å². The summed E-state index contributed by atoms with van der Waals surface area (Å²) in [6.07, 6.45) is 0.878. The van der Waals surface area contributed by atoms with Gasteiger partial charge in [-0.15, -0.1) is 11.6 Å². The van der Waals surface area contributed by atoms with Gasteiger partial charge in [-0.1, -0.05) is 30.3 Å². The minimum atomic E-state index is -0.333. The lowest BCUT2D eigenvalue weighted by atomic mass is 10.0. The first-order valence-corrected chi connectivity index (χ1v) is 7.02. The van der Waals surface area contributed by atoms with Gasteiger partial charge in [-0.25, -0.2) is 4.39 Å². The van der Waals surface area contributed by atoms with Crippen LogP contribution in [0.1, 0.15) is 27.6 Å². The molecule has 1 nitrogen and oxygen atoms in total. The number of alkyl halides is 1. The fourth-order valence-electron chi connectivity index (χ4n) is 2.18. The molecule has 1 atom stereocenters. The molecule has 0 aliphatic rings. The summed E-state index contributed by atoms with van der Waals surface area (Å²) >= 11 is 6.44. The minimum absolute atomic E-state index is 0.248. The van der Waals surface area contributed by atoms with Crippen molar-refractivity contribution >= 4 is 11.6 Å². The number of ether oxygens (including phenoxy) is 1. The van der Waals surface area contributed by atoms with Crippen LogP contribution in [0, 0.1) is 12.7 Å². The number of rotatable bonds is 5. The number of hydrogen-bond donors (Lipinski definition) is 0. The van der Waals surface area contributed by atoms with Crippen molar-refractivity contribution in [3.05, 3.63) is 70.5 Å². The minimum Gasteiger partial charge on any atom is -0.384 e. The first-order valence-electron chi connectivity index (χ1n) is 6.59. The van der Waals surface area contributed by atoms with E-state index in [1.165, 1.54) is 17.7 Å². The van der Waals surface area contributed by atoms with Gasteiger partial charge in [0.2, 0.25) is 0 Å². The van der Waals surface area contributed by atoms with Crippen molar-refractivity contribution in [2.24, 2.45) is 0 Å². The van der Waals surface area contributed by atoms with Crippen LogP contribution in [0.3, 0.4) is 0 Å². The highest BCUT2D eigenvalue weighted by Crippen LogP contribution is 2.30. The molecular formula is C17H18ClFO. The Hall–Kier alpha value is -1.38. The maximum Gasteiger partial charge on any atom is 0.123 e. The zero-order valence-electron chi connectivity index (χ0n) is 11.7. The molecule has 0 bridgehead atoms. The Morgan fingerprint density at radius 1 is 1.10 bits per heavy atom. The molecule has 0 saturated carbocycles. The molecule has 2 aromatic rings. The van der Waals surface area contributed by atoms with E-state index in [2.05, 4.69) is 0 Å². The van der Waals surface area contributed by atoms with E-state index in [0.717, 1.165) is 23.1 Å². The molecule has 0 aromatic heterocycles. The third-order valence-corrected chi connectivity index (χ3v) is 3.73. The monoisotopic (exact) mass is 292 g/mol. The zero-order chi connectivity index (χ0) is 14.5. The number of hydrogen-bond acceptors (Lipinski definition) is 1. The normalized spacial score (nSPS) is 12.4. The van der Waals surface area contributed by atoms with Crippen LogP contribution in [-0.4, -0.2) is 13.7 Å². The predicted octanol–water partition coefficient (Wildman–Crippen LogP) is 4.65. The van der Waals surface area contributed by atoms with Crippen LogP contribution in [0.4, 0.5) is 4.39 Å². The van der Waals surface area contributed by atoms with Crippen LogP contribution in [0.25, 0.3) is 0 Å². The molecule has 0 saturated heterocycles. The summed E-state index contributed by atoms with van der Waals surface area (Å²) < 4.78 is 18.5. The van der Waals surface area contributed by atoms with Gasteiger partial charge in [0.25, 0.3) is 0 Å². The standard InChI is InChI=1S/C17H18ClFO/c1-12-9-15(11-16(19)10-12)17(18)14-5-3-13(4-6-14)7-8-20-2/h3-6,9-11,17H,7-8H2,1-2H3. The molecule has 0 heterocycles. The fraction of sp³-hybridized carbons (Fsp3) is 0.294. The van der Waals surface area contributed by atoms with Crippen LogP contribution in [0.15, 0.2) is 42.5 Å². The summed E-state index contributed by atoms with van der Waals surface area (Å²) in [6.45, 7) is 2.57. The lowest BCUT2D eigenvalue weighted by Gasteiger charge is -2.12. The maximum absolute atomic E-state index is 13.4. The number of benzene rings is 2. The summed E-state index contributed by atoms with van der Waals surface area (Å²) in [5.41, 5.74) is 3.84. The first kappa shape index (κ1) is 15.0. The van der Waals surface area contributed by atoms with Gasteiger partial charge in [0.05, 0.1) is 12.0 Å². The van der Waals surface area contributed by atoms with E-state index in [0.29, 0.717) is 6.61 Å². The topological polar surface area (TPSA) is 9.23 Å². The fourth-order valence-corrected chi connectivity index (χ4v) is 2.45. The molecule has 0 aliphatic heterocycles. The number of aryl methyl sites for hydroxylation is 1. The summed E-state index contributed by atoms with van der Waals surface area (Å²) in [5, 5.41) is -0.333. The molecule has 2 aromatic carbocycles. The van der Waals surface area contributed by atoms with Crippen LogP contribution in [0.2, 0.25) is 0 Å². The third kappa shape index (κ3) is 3.81. The highest BCUT2D eigenvalue weighted by molar-refractivity contribution is 6.22. The molecule has 0 radical (unpaired) electrons. The van der Waals surface area contributed by atoms with Crippen LogP contribution in [0.5, 0.6) is 0 Å². The van der Waals surface area contributed by atoms with E-state index in [-0.39, 0.29) is 11.2 Å². The number of methoxy groups -OCH3 is 1. The summed E-state index contributed by atoms with van der Waals surface area (Å²) in [4.78, 5) is 0. The van der Waals surface area contributed by atoms with E-state index in [1.54, 1.807) is 7.11 Å². The molecule has 0 aliphatic carbocycles. The Balaban J connectivity index is 2.17. The average Bonchev–Trinajstić information content (AvgIpc) is 2.44. The highest BCUT2D eigenvalue weighted by atomic mass is 35.5. The van der Waals surface area contributed by atoms with Gasteiger partial charge in [-0.3, -0.25) is 0 Å². The van der Waals surface area contributed by atoms with Gasteiger partial charge in [-0.2, -0.15) is 0 Å². The van der Waals surface area contributed by atoms with Gasteiger partial charge in [0.15, 0.2) is 0 Å². The van der Waals surface area contributed by atoms with E-state index < -0.39 is 0 Å². The summed E-state index contributed by atoms with van der Waals surface area (Å²) in [7, 11) is 1.69. The summed E-state index contributed by atoms with van der Waals surface area (Å²) in [5.74, 6) is -0.248. The smallest absolute Gasteiger partial charge is 0.123 e. The zero-order valence-corrected chi connectivity index (χ0v) is 12.5. The second kappa shape index (κ2) is 6.87. The first-order chi connectivity index (χ1) is 9.60. The van der Waals surface area contributed by atoms with Gasteiger partial charge < -0.3 is 4.74 Å². The van der Waals surface area contributed by atoms with Gasteiger partial charge in [0, 0.05) is 7.11 Å². The summed E-state index contributed by atoms with van der Waals surface area (Å²) in [6, 6.07) is 13.0. The molecule has 0 fully saturated rings. The Labute approximate surface area is 124 Å². The molecule has 0 N–H and O–H groups in total.